The molecule has 0 spiro atoms. The van der Waals surface area contributed by atoms with Crippen molar-refractivity contribution in [1.82, 2.24) is 15.3 Å². The minimum atomic E-state index is 0.668. The van der Waals surface area contributed by atoms with Crippen molar-refractivity contribution in [2.75, 3.05) is 6.54 Å². The first-order valence-electron chi connectivity index (χ1n) is 5.88. The molecule has 1 aromatic carbocycles. The fraction of sp³-hybridized carbons (Fsp3) is 0.308. The number of hydrogen-bond acceptors (Lipinski definition) is 2. The highest BCUT2D eigenvalue weighted by Crippen LogP contribution is 2.20. The molecule has 5 heteroatoms. The van der Waals surface area contributed by atoms with Gasteiger partial charge in [-0.2, -0.15) is 0 Å². The maximum Gasteiger partial charge on any atom is 0.106 e. The summed E-state index contributed by atoms with van der Waals surface area (Å²) in [5.74, 6) is 1.03. The molecular formula is C13H15Cl2N3. The van der Waals surface area contributed by atoms with Gasteiger partial charge in [-0.3, -0.25) is 0 Å². The van der Waals surface area contributed by atoms with Gasteiger partial charge in [0.15, 0.2) is 0 Å². The molecule has 0 unspecified atom stereocenters. The van der Waals surface area contributed by atoms with Crippen LogP contribution in [0.15, 0.2) is 30.6 Å². The molecule has 2 aromatic rings. The van der Waals surface area contributed by atoms with Crippen molar-refractivity contribution in [1.29, 1.82) is 0 Å². The third-order valence-electron chi connectivity index (χ3n) is 2.65. The van der Waals surface area contributed by atoms with Gasteiger partial charge in [-0.25, -0.2) is 4.98 Å². The Labute approximate surface area is 117 Å². The van der Waals surface area contributed by atoms with Gasteiger partial charge in [0.1, 0.15) is 5.82 Å². The summed E-state index contributed by atoms with van der Waals surface area (Å²) in [6, 6.07) is 5.57. The monoisotopic (exact) mass is 283 g/mol. The summed E-state index contributed by atoms with van der Waals surface area (Å²) in [7, 11) is 0. The lowest BCUT2D eigenvalue weighted by atomic mass is 10.2. The number of nitrogens with one attached hydrogen (secondary N) is 2. The van der Waals surface area contributed by atoms with E-state index in [-0.39, 0.29) is 0 Å². The number of rotatable bonds is 6. The lowest BCUT2D eigenvalue weighted by Gasteiger charge is -2.06. The Morgan fingerprint density at radius 3 is 2.89 bits per heavy atom. The fourth-order valence-electron chi connectivity index (χ4n) is 1.70. The van der Waals surface area contributed by atoms with E-state index in [1.165, 1.54) is 0 Å². The molecule has 2 rings (SSSR count). The van der Waals surface area contributed by atoms with Crippen LogP contribution in [0.4, 0.5) is 0 Å². The summed E-state index contributed by atoms with van der Waals surface area (Å²) in [6.45, 7) is 1.69. The van der Waals surface area contributed by atoms with Gasteiger partial charge in [-0.05, 0) is 30.7 Å². The maximum absolute atomic E-state index is 6.08. The van der Waals surface area contributed by atoms with Crippen molar-refractivity contribution in [3.05, 3.63) is 52.0 Å². The Hall–Kier alpha value is -1.03. The number of H-pyrrole nitrogens is 1. The Morgan fingerprint density at radius 2 is 2.17 bits per heavy atom. The third-order valence-corrected chi connectivity index (χ3v) is 3.24. The summed E-state index contributed by atoms with van der Waals surface area (Å²) < 4.78 is 0. The van der Waals surface area contributed by atoms with Crippen LogP contribution in [-0.4, -0.2) is 16.5 Å². The standard InChI is InChI=1S/C13H15Cl2N3/c14-11-4-3-10(12(15)8-11)9-16-5-1-2-13-17-6-7-18-13/h3-4,6-8,16H,1-2,5,9H2,(H,17,18). The van der Waals surface area contributed by atoms with Crippen molar-refractivity contribution in [2.45, 2.75) is 19.4 Å². The van der Waals surface area contributed by atoms with Crippen LogP contribution in [0.3, 0.4) is 0 Å². The van der Waals surface area contributed by atoms with Gasteiger partial charge in [0.25, 0.3) is 0 Å². The van der Waals surface area contributed by atoms with Crippen LogP contribution in [-0.2, 0) is 13.0 Å². The summed E-state index contributed by atoms with van der Waals surface area (Å²) in [4.78, 5) is 7.26. The molecule has 1 heterocycles. The van der Waals surface area contributed by atoms with Crippen LogP contribution in [0, 0.1) is 0 Å². The number of aromatic amines is 1. The molecule has 0 atom stereocenters. The van der Waals surface area contributed by atoms with E-state index in [1.807, 2.05) is 18.3 Å². The highest BCUT2D eigenvalue weighted by Gasteiger charge is 2.01. The molecule has 0 saturated carbocycles. The predicted molar refractivity (Wildman–Crippen MR) is 75.1 cm³/mol. The minimum absolute atomic E-state index is 0.668. The average Bonchev–Trinajstić information content (AvgIpc) is 2.84. The van der Waals surface area contributed by atoms with E-state index in [1.54, 1.807) is 12.3 Å². The lowest BCUT2D eigenvalue weighted by molar-refractivity contribution is 0.641. The quantitative estimate of drug-likeness (QED) is 0.798. The smallest absolute Gasteiger partial charge is 0.106 e. The molecule has 0 saturated heterocycles. The van der Waals surface area contributed by atoms with E-state index in [9.17, 15) is 0 Å². The van der Waals surface area contributed by atoms with E-state index in [2.05, 4.69) is 15.3 Å². The molecule has 0 radical (unpaired) electrons. The predicted octanol–water partition coefficient (Wildman–Crippen LogP) is 3.44. The number of aromatic nitrogens is 2. The SMILES string of the molecule is Clc1ccc(CNCCCc2ncc[nH]2)c(Cl)c1. The van der Waals surface area contributed by atoms with Gasteiger partial charge in [-0.1, -0.05) is 29.3 Å². The molecule has 18 heavy (non-hydrogen) atoms. The highest BCUT2D eigenvalue weighted by molar-refractivity contribution is 6.35. The lowest BCUT2D eigenvalue weighted by Crippen LogP contribution is -2.15. The van der Waals surface area contributed by atoms with Crippen molar-refractivity contribution in [3.8, 4) is 0 Å². The molecule has 96 valence electrons. The summed E-state index contributed by atoms with van der Waals surface area (Å²) in [5.41, 5.74) is 1.07. The Kier molecular flexibility index (Phi) is 5.05. The number of halogens is 2. The van der Waals surface area contributed by atoms with Crippen LogP contribution in [0.25, 0.3) is 0 Å². The van der Waals surface area contributed by atoms with E-state index in [0.717, 1.165) is 37.3 Å². The molecule has 1 aromatic heterocycles. The number of imidazole rings is 1. The van der Waals surface area contributed by atoms with Crippen molar-refractivity contribution < 1.29 is 0 Å². The number of aryl methyl sites for hydroxylation is 1. The molecule has 3 nitrogen and oxygen atoms in total. The van der Waals surface area contributed by atoms with Crippen molar-refractivity contribution in [2.24, 2.45) is 0 Å². The second-order valence-corrected chi connectivity index (χ2v) is 4.90. The van der Waals surface area contributed by atoms with Crippen LogP contribution >= 0.6 is 23.2 Å². The molecule has 0 bridgehead atoms. The van der Waals surface area contributed by atoms with Gasteiger partial charge in [0, 0.05) is 35.4 Å². The first-order chi connectivity index (χ1) is 8.75. The van der Waals surface area contributed by atoms with Crippen LogP contribution in [0.5, 0.6) is 0 Å². The van der Waals surface area contributed by atoms with Gasteiger partial charge in [-0.15, -0.1) is 0 Å². The van der Waals surface area contributed by atoms with Crippen molar-refractivity contribution in [3.63, 3.8) is 0 Å². The summed E-state index contributed by atoms with van der Waals surface area (Å²) >= 11 is 11.9. The molecule has 0 aliphatic carbocycles. The Balaban J connectivity index is 1.69. The van der Waals surface area contributed by atoms with Gasteiger partial charge < -0.3 is 10.3 Å². The van der Waals surface area contributed by atoms with Gasteiger partial charge in [0.05, 0.1) is 0 Å². The second kappa shape index (κ2) is 6.78. The summed E-state index contributed by atoms with van der Waals surface area (Å²) in [5, 5.41) is 4.73. The maximum atomic E-state index is 6.08. The van der Waals surface area contributed by atoms with Crippen molar-refractivity contribution >= 4 is 23.2 Å². The highest BCUT2D eigenvalue weighted by atomic mass is 35.5. The minimum Gasteiger partial charge on any atom is -0.349 e. The van der Waals surface area contributed by atoms with Gasteiger partial charge in [0.2, 0.25) is 0 Å². The van der Waals surface area contributed by atoms with Crippen LogP contribution in [0.1, 0.15) is 17.8 Å². The topological polar surface area (TPSA) is 40.7 Å². The van der Waals surface area contributed by atoms with Crippen LogP contribution in [0.2, 0.25) is 10.0 Å². The first-order valence-corrected chi connectivity index (χ1v) is 6.64. The zero-order chi connectivity index (χ0) is 12.8. The Bertz CT molecular complexity index is 483. The van der Waals surface area contributed by atoms with E-state index < -0.39 is 0 Å². The zero-order valence-corrected chi connectivity index (χ0v) is 11.4. The van der Waals surface area contributed by atoms with Crippen LogP contribution < -0.4 is 5.32 Å². The number of benzene rings is 1. The molecule has 0 fully saturated rings. The molecule has 0 amide bonds. The fourth-order valence-corrected chi connectivity index (χ4v) is 2.18. The number of nitrogens with zero attached hydrogens (tertiary/aromatic N) is 1. The number of hydrogen-bond donors (Lipinski definition) is 2. The van der Waals surface area contributed by atoms with E-state index in [4.69, 9.17) is 23.2 Å². The van der Waals surface area contributed by atoms with E-state index >= 15 is 0 Å². The summed E-state index contributed by atoms with van der Waals surface area (Å²) in [6.07, 6.45) is 5.61. The molecule has 0 aliphatic heterocycles. The average molecular weight is 284 g/mol. The largest absolute Gasteiger partial charge is 0.349 e. The van der Waals surface area contributed by atoms with Gasteiger partial charge >= 0.3 is 0 Å². The normalized spacial score (nSPS) is 10.8. The molecular weight excluding hydrogens is 269 g/mol. The molecule has 2 N–H and O–H groups in total. The Morgan fingerprint density at radius 1 is 1.28 bits per heavy atom. The zero-order valence-electron chi connectivity index (χ0n) is 9.92. The third kappa shape index (κ3) is 4.02. The van der Waals surface area contributed by atoms with E-state index in [0.29, 0.717) is 10.0 Å². The first kappa shape index (κ1) is 13.4. The second-order valence-electron chi connectivity index (χ2n) is 4.05. The molecule has 0 aliphatic rings.